The number of aliphatic hydroxyl groups excluding tert-OH is 1. The van der Waals surface area contributed by atoms with Gasteiger partial charge in [0.2, 0.25) is 5.66 Å². The lowest BCUT2D eigenvalue weighted by Gasteiger charge is -2.41. The highest BCUT2D eigenvalue weighted by molar-refractivity contribution is 6.74. The molecule has 0 aromatic heterocycles. The number of carbonyl (C=O) groups excluding carboxylic acids is 1. The molecule has 0 radical (unpaired) electrons. The van der Waals surface area contributed by atoms with Gasteiger partial charge in [-0.15, -0.1) is 0 Å². The van der Waals surface area contributed by atoms with Crippen LogP contribution in [0, 0.1) is 0 Å². The fourth-order valence-corrected chi connectivity index (χ4v) is 7.86. The van der Waals surface area contributed by atoms with Crippen LogP contribution in [0.15, 0.2) is 93.8 Å². The van der Waals surface area contributed by atoms with Crippen LogP contribution < -0.4 is 15.2 Å². The third kappa shape index (κ3) is 6.61. The minimum atomic E-state index is -2.47. The number of rotatable bonds is 12. The van der Waals surface area contributed by atoms with Crippen molar-refractivity contribution in [3.63, 3.8) is 0 Å². The molecule has 3 heterocycles. The number of amidine groups is 1. The molecule has 3 aromatic rings. The van der Waals surface area contributed by atoms with Gasteiger partial charge in [0.15, 0.2) is 26.2 Å². The summed E-state index contributed by atoms with van der Waals surface area (Å²) in [6.07, 6.45) is -2.29. The van der Waals surface area contributed by atoms with E-state index in [-0.39, 0.29) is 29.8 Å². The monoisotopic (exact) mass is 727 g/mol. The maximum absolute atomic E-state index is 12.6. The average Bonchev–Trinajstić information content (AvgIpc) is 3.70. The Balaban J connectivity index is 1.40. The van der Waals surface area contributed by atoms with Crippen LogP contribution in [0.5, 0.6) is 11.5 Å². The van der Waals surface area contributed by atoms with E-state index in [0.29, 0.717) is 17.3 Å². The summed E-state index contributed by atoms with van der Waals surface area (Å²) in [5.41, 5.74) is 6.49. The van der Waals surface area contributed by atoms with Crippen molar-refractivity contribution < 1.29 is 33.3 Å². The largest absolute Gasteiger partial charge is 0.497 e. The minimum absolute atomic E-state index is 0.0221. The molecule has 3 aromatic carbocycles. The Kier molecular flexibility index (Phi) is 10.3. The number of nitrogens with two attached hydrogens (primary N) is 1. The second kappa shape index (κ2) is 14.3. The number of hydrogen-bond donors (Lipinski definition) is 2. The van der Waals surface area contributed by atoms with Crippen molar-refractivity contribution in [1.29, 1.82) is 0 Å². The fraction of sp³-hybridized carbons (Fsp3) is 0.436. The van der Waals surface area contributed by atoms with Gasteiger partial charge in [0.1, 0.15) is 54.1 Å². The number of ketones is 1. The van der Waals surface area contributed by atoms with Crippen molar-refractivity contribution in [2.75, 3.05) is 27.5 Å². The van der Waals surface area contributed by atoms with E-state index >= 15 is 0 Å². The summed E-state index contributed by atoms with van der Waals surface area (Å²) in [6.45, 7) is 12.1. The smallest absolute Gasteiger partial charge is 0.214 e. The Morgan fingerprint density at radius 2 is 1.52 bits per heavy atom. The van der Waals surface area contributed by atoms with Crippen LogP contribution in [-0.4, -0.2) is 99.7 Å². The number of methoxy groups -OCH3 is 2. The minimum Gasteiger partial charge on any atom is -0.497 e. The number of Topliss-reactive ketones (excluding diaryl/α,β-unsaturated/α-hetero) is 1. The predicted molar refractivity (Wildman–Crippen MR) is 203 cm³/mol. The van der Waals surface area contributed by atoms with Crippen molar-refractivity contribution in [1.82, 2.24) is 4.90 Å². The van der Waals surface area contributed by atoms with Crippen LogP contribution in [0.3, 0.4) is 0 Å². The van der Waals surface area contributed by atoms with Crippen molar-refractivity contribution in [2.45, 2.75) is 81.6 Å². The second-order valence-electron chi connectivity index (χ2n) is 14.9. The van der Waals surface area contributed by atoms with E-state index in [2.05, 4.69) is 48.8 Å². The van der Waals surface area contributed by atoms with Crippen LogP contribution in [0.2, 0.25) is 18.1 Å². The second-order valence-corrected chi connectivity index (χ2v) is 19.6. The number of fused-ring (bicyclic) bond motifs is 1. The molecule has 1 saturated heterocycles. The van der Waals surface area contributed by atoms with E-state index < -0.39 is 44.1 Å². The van der Waals surface area contributed by atoms with Gasteiger partial charge in [-0.3, -0.25) is 15.5 Å². The number of aliphatic hydroxyl groups is 1. The van der Waals surface area contributed by atoms with E-state index in [1.54, 1.807) is 19.1 Å². The summed E-state index contributed by atoms with van der Waals surface area (Å²) in [4.78, 5) is 27.7. The molecule has 0 spiro atoms. The van der Waals surface area contributed by atoms with Gasteiger partial charge in [-0.05, 0) is 66.0 Å². The van der Waals surface area contributed by atoms with Gasteiger partial charge in [-0.2, -0.15) is 0 Å². The zero-order chi connectivity index (χ0) is 37.5. The zero-order valence-electron chi connectivity index (χ0n) is 31.1. The van der Waals surface area contributed by atoms with Crippen molar-refractivity contribution in [2.24, 2.45) is 20.7 Å². The van der Waals surface area contributed by atoms with Crippen LogP contribution in [0.25, 0.3) is 0 Å². The predicted octanol–water partition coefficient (Wildman–Crippen LogP) is 4.89. The van der Waals surface area contributed by atoms with Gasteiger partial charge < -0.3 is 33.4 Å². The maximum atomic E-state index is 12.6. The van der Waals surface area contributed by atoms with Gasteiger partial charge in [0.05, 0.1) is 20.8 Å². The molecular formula is C39H49N5O7Si. The van der Waals surface area contributed by atoms with E-state index in [9.17, 15) is 9.90 Å². The first-order valence-corrected chi connectivity index (χ1v) is 20.3. The van der Waals surface area contributed by atoms with Crippen LogP contribution >= 0.6 is 0 Å². The number of ether oxygens (including phenoxy) is 4. The third-order valence-corrected chi connectivity index (χ3v) is 15.2. The molecule has 0 amide bonds. The molecule has 6 rings (SSSR count). The Labute approximate surface area is 306 Å². The van der Waals surface area contributed by atoms with E-state index in [1.165, 1.54) is 13.3 Å². The highest BCUT2D eigenvalue weighted by Gasteiger charge is 2.55. The number of aliphatic imine (C=N–C) groups is 3. The summed E-state index contributed by atoms with van der Waals surface area (Å²) >= 11 is 0. The van der Waals surface area contributed by atoms with Gasteiger partial charge in [-0.25, -0.2) is 9.98 Å². The first kappa shape index (κ1) is 37.5. The Bertz CT molecular complexity index is 1800. The first-order valence-electron chi connectivity index (χ1n) is 17.4. The molecule has 3 N–H and O–H groups in total. The molecule has 0 aliphatic carbocycles. The number of hydrogen-bond acceptors (Lipinski definition) is 12. The van der Waals surface area contributed by atoms with E-state index in [1.807, 2.05) is 78.9 Å². The molecule has 1 fully saturated rings. The van der Waals surface area contributed by atoms with E-state index in [4.69, 9.17) is 29.1 Å². The lowest BCUT2D eigenvalue weighted by atomic mass is 9.80. The molecule has 5 atom stereocenters. The normalized spacial score (nSPS) is 24.7. The van der Waals surface area contributed by atoms with Crippen molar-refractivity contribution in [3.8, 4) is 11.5 Å². The summed E-state index contributed by atoms with van der Waals surface area (Å²) in [7, 11) is 0.786. The SMILES string of the molecule is COc1ccc(C(OC[C@H]2O[C@@H](N3CN=C4C3=NC=NC4(N)C(C)=O)[C@H](O[Si](C)(C)C(C)(C)C)[C@@H]2O)(c2ccccc2)c2ccc(OC)cc2)cc1. The highest BCUT2D eigenvalue weighted by Crippen LogP contribution is 2.44. The Hall–Kier alpha value is -4.24. The molecule has 0 bridgehead atoms. The molecule has 13 heteroatoms. The summed E-state index contributed by atoms with van der Waals surface area (Å²) in [5.74, 6) is 1.42. The summed E-state index contributed by atoms with van der Waals surface area (Å²) < 4.78 is 31.9. The first-order chi connectivity index (χ1) is 24.7. The third-order valence-electron chi connectivity index (χ3n) is 10.7. The molecule has 12 nitrogen and oxygen atoms in total. The topological polar surface area (TPSA) is 150 Å². The van der Waals surface area contributed by atoms with Crippen LogP contribution in [-0.2, 0) is 24.3 Å². The highest BCUT2D eigenvalue weighted by atomic mass is 28.4. The van der Waals surface area contributed by atoms with Gasteiger partial charge in [-0.1, -0.05) is 75.4 Å². The average molecular weight is 728 g/mol. The summed E-state index contributed by atoms with van der Waals surface area (Å²) in [6, 6.07) is 25.5. The van der Waals surface area contributed by atoms with Gasteiger partial charge in [0.25, 0.3) is 0 Å². The zero-order valence-corrected chi connectivity index (χ0v) is 32.1. The van der Waals surface area contributed by atoms with Crippen LogP contribution in [0.4, 0.5) is 0 Å². The Morgan fingerprint density at radius 1 is 0.962 bits per heavy atom. The number of benzene rings is 3. The maximum Gasteiger partial charge on any atom is 0.214 e. The Morgan fingerprint density at radius 3 is 2.04 bits per heavy atom. The molecule has 1 unspecified atom stereocenters. The van der Waals surface area contributed by atoms with Gasteiger partial charge >= 0.3 is 0 Å². The molecular weight excluding hydrogens is 679 g/mol. The molecule has 52 heavy (non-hydrogen) atoms. The standard InChI is InChI=1S/C39H49N5O7Si/c1-25(45)39(40)34-35(41-23-43-39)44(24-42-34)36-33(51-52(7,8)37(2,3)4)32(46)31(50-36)22-49-38(26-12-10-9-11-13-26,27-14-18-29(47-5)19-15-27)28-16-20-30(48-6)21-17-28/h9-21,23,31-33,36,46H,22,24,40H2,1-8H3/t31-,32-,33-,36-,39?/m1/s1. The number of nitrogens with zero attached hydrogens (tertiary/aromatic N) is 4. The molecule has 3 aliphatic heterocycles. The lowest BCUT2D eigenvalue weighted by molar-refractivity contribution is -0.119. The van der Waals surface area contributed by atoms with Gasteiger partial charge in [0, 0.05) is 0 Å². The molecule has 0 saturated carbocycles. The number of carbonyl (C=O) groups is 1. The van der Waals surface area contributed by atoms with E-state index in [0.717, 1.165) is 16.7 Å². The van der Waals surface area contributed by atoms with Crippen molar-refractivity contribution in [3.05, 3.63) is 95.6 Å². The molecule has 276 valence electrons. The fourth-order valence-electron chi connectivity index (χ4n) is 6.57. The lowest BCUT2D eigenvalue weighted by Crippen LogP contribution is -2.59. The molecule has 3 aliphatic rings. The van der Waals surface area contributed by atoms with Crippen molar-refractivity contribution >= 4 is 32.0 Å². The quantitative estimate of drug-likeness (QED) is 0.197. The van der Waals surface area contributed by atoms with Crippen LogP contribution in [0.1, 0.15) is 44.4 Å². The summed E-state index contributed by atoms with van der Waals surface area (Å²) in [5, 5.41) is 12.0.